The molecule has 0 amide bonds. The van der Waals surface area contributed by atoms with Crippen molar-refractivity contribution < 1.29 is 156 Å². The summed E-state index contributed by atoms with van der Waals surface area (Å²) >= 11 is 0. The molecular formula is C43H66O32S. The second kappa shape index (κ2) is 25.0. The Kier molecular flexibility index (Phi) is 19.8. The van der Waals surface area contributed by atoms with Crippen LogP contribution in [0.4, 0.5) is 0 Å². The van der Waals surface area contributed by atoms with Gasteiger partial charge in [0.25, 0.3) is 10.1 Å². The molecule has 0 spiro atoms. The molecule has 12 bridgehead atoms. The summed E-state index contributed by atoms with van der Waals surface area (Å²) in [6.07, 6.45) is -61.1. The minimum Gasteiger partial charge on any atom is -0.394 e. The number of benzene rings is 1. The van der Waals surface area contributed by atoms with E-state index in [1.54, 1.807) is 6.92 Å². The maximum absolute atomic E-state index is 13.4. The van der Waals surface area contributed by atoms with Crippen LogP contribution in [0.1, 0.15) is 5.56 Å². The minimum absolute atomic E-state index is 0.344. The van der Waals surface area contributed by atoms with Crippen LogP contribution in [0.2, 0.25) is 0 Å². The lowest BCUT2D eigenvalue weighted by atomic mass is 9.94. The standard InChI is InChI=1S/C43H66O32S/c1-12-2-4-13(5-3-12)76(61,62)63-11-19-37-25(54)31(60)43(69-19)74-36-18(10-48)67-41(29(58)23(36)52)72-34-16(8-46)65-39(27(56)21(34)50)70-32-14(6-44)64-38(26(55)20(32)49)71-33-15(7-45)66-40(28(57)22(33)51)73-35-17(9-47)68-42(75-37)30(59)24(35)53/h2-5,14-60H,6-11H2,1H3/t14-,15-,16-,17-,18-,19-,20-,21-,22-,23-,24-,25-,26-,27-,28-,29-,30-,31-,32-,33-,34-,35-,36-,37-,38-,39-,40-,41-,42-,43-/m1/s1. The molecule has 22 aliphatic rings. The van der Waals surface area contributed by atoms with E-state index in [2.05, 4.69) is 0 Å². The topological polar surface area (TPSA) is 498 Å². The molecule has 0 unspecified atom stereocenters. The van der Waals surface area contributed by atoms with E-state index in [4.69, 9.17) is 61.0 Å². The smallest absolute Gasteiger partial charge is 0.297 e. The normalized spacial score (nSPS) is 49.8. The van der Waals surface area contributed by atoms with Crippen molar-refractivity contribution in [1.29, 1.82) is 0 Å². The molecule has 30 atom stereocenters. The van der Waals surface area contributed by atoms with Gasteiger partial charge in [-0.25, -0.2) is 0 Å². The van der Waals surface area contributed by atoms with Crippen molar-refractivity contribution in [3.8, 4) is 0 Å². The molecule has 22 fully saturated rings. The Labute approximate surface area is 431 Å². The molecule has 22 aliphatic heterocycles. The molecule has 1 aromatic carbocycles. The molecule has 1 aromatic rings. The fourth-order valence-corrected chi connectivity index (χ4v) is 10.8. The van der Waals surface area contributed by atoms with Gasteiger partial charge in [0.15, 0.2) is 37.7 Å². The number of ether oxygens (including phenoxy) is 12. The quantitative estimate of drug-likeness (QED) is 0.102. The predicted octanol–water partition coefficient (Wildman–Crippen LogP) is -11.3. The van der Waals surface area contributed by atoms with E-state index in [-0.39, 0.29) is 4.90 Å². The second-order valence-electron chi connectivity index (χ2n) is 19.2. The van der Waals surface area contributed by atoms with Gasteiger partial charge >= 0.3 is 0 Å². The van der Waals surface area contributed by atoms with Gasteiger partial charge in [0.2, 0.25) is 0 Å². The Hall–Kier alpha value is -2.03. The fraction of sp³-hybridized carbons (Fsp3) is 0.860. The van der Waals surface area contributed by atoms with Gasteiger partial charge in [-0.05, 0) is 19.1 Å². The van der Waals surface area contributed by atoms with Crippen molar-refractivity contribution in [3.63, 3.8) is 0 Å². The summed E-state index contributed by atoms with van der Waals surface area (Å²) in [6.45, 7) is -4.63. The molecule has 0 radical (unpaired) electrons. The number of hydrogen-bond acceptors (Lipinski definition) is 32. The zero-order valence-corrected chi connectivity index (χ0v) is 40.8. The summed E-state index contributed by atoms with van der Waals surface area (Å²) in [7, 11) is -4.66. The monoisotopic (exact) mass is 1130 g/mol. The molecule has 22 heterocycles. The molecule has 22 saturated heterocycles. The van der Waals surface area contributed by atoms with Gasteiger partial charge < -0.3 is 144 Å². The van der Waals surface area contributed by atoms with E-state index in [1.807, 2.05) is 0 Å². The third-order valence-electron chi connectivity index (χ3n) is 14.2. The molecule has 23 rings (SSSR count). The van der Waals surface area contributed by atoms with E-state index in [0.717, 1.165) is 0 Å². The highest BCUT2D eigenvalue weighted by molar-refractivity contribution is 7.86. The first-order valence-corrected chi connectivity index (χ1v) is 25.5. The Morgan fingerprint density at radius 2 is 0.553 bits per heavy atom. The van der Waals surface area contributed by atoms with Crippen molar-refractivity contribution in [2.75, 3.05) is 39.6 Å². The molecule has 17 N–H and O–H groups in total. The summed E-state index contributed by atoms with van der Waals surface area (Å²) in [6, 6.07) is 5.34. The number of hydrogen-bond donors (Lipinski definition) is 17. The maximum atomic E-state index is 13.4. The molecule has 0 saturated carbocycles. The van der Waals surface area contributed by atoms with E-state index in [0.29, 0.717) is 5.56 Å². The largest absolute Gasteiger partial charge is 0.394 e. The van der Waals surface area contributed by atoms with E-state index >= 15 is 0 Å². The van der Waals surface area contributed by atoms with E-state index < -0.39 is 234 Å². The average molecular weight is 1130 g/mol. The first-order chi connectivity index (χ1) is 36.1. The van der Waals surface area contributed by atoms with Gasteiger partial charge in [0, 0.05) is 0 Å². The van der Waals surface area contributed by atoms with Crippen LogP contribution >= 0.6 is 0 Å². The van der Waals surface area contributed by atoms with Crippen LogP contribution in [-0.4, -0.2) is 319 Å². The molecule has 436 valence electrons. The fourth-order valence-electron chi connectivity index (χ4n) is 9.84. The van der Waals surface area contributed by atoms with E-state index in [9.17, 15) is 95.2 Å². The number of rotatable bonds is 9. The van der Waals surface area contributed by atoms with Crippen LogP contribution in [0.3, 0.4) is 0 Å². The summed E-state index contributed by atoms with van der Waals surface area (Å²) in [5.74, 6) is 0. The summed E-state index contributed by atoms with van der Waals surface area (Å²) in [5.41, 5.74) is 0.681. The highest BCUT2D eigenvalue weighted by atomic mass is 32.2. The third kappa shape index (κ3) is 12.0. The average Bonchev–Trinajstić information content (AvgIpc) is 3.41. The molecule has 0 aliphatic carbocycles. The lowest BCUT2D eigenvalue weighted by Gasteiger charge is -2.50. The Morgan fingerprint density at radius 3 is 0.776 bits per heavy atom. The van der Waals surface area contributed by atoms with Crippen LogP contribution in [0, 0.1) is 6.92 Å². The Morgan fingerprint density at radius 1 is 0.342 bits per heavy atom. The van der Waals surface area contributed by atoms with Crippen LogP contribution in [0.5, 0.6) is 0 Å². The Bertz CT molecular complexity index is 2100. The molecular weight excluding hydrogens is 1060 g/mol. The van der Waals surface area contributed by atoms with Gasteiger partial charge in [-0.3, -0.25) is 4.18 Å². The lowest BCUT2D eigenvalue weighted by molar-refractivity contribution is -0.403. The second-order valence-corrected chi connectivity index (χ2v) is 20.8. The zero-order valence-electron chi connectivity index (χ0n) is 40.0. The highest BCUT2D eigenvalue weighted by Crippen LogP contribution is 2.38. The third-order valence-corrected chi connectivity index (χ3v) is 15.5. The van der Waals surface area contributed by atoms with Gasteiger partial charge in [-0.1, -0.05) is 17.7 Å². The maximum Gasteiger partial charge on any atom is 0.297 e. The van der Waals surface area contributed by atoms with Gasteiger partial charge in [-0.15, -0.1) is 0 Å². The first-order valence-electron chi connectivity index (χ1n) is 24.1. The van der Waals surface area contributed by atoms with Crippen LogP contribution in [0.25, 0.3) is 0 Å². The van der Waals surface area contributed by atoms with Crippen molar-refractivity contribution in [1.82, 2.24) is 0 Å². The Balaban J connectivity index is 1.12. The lowest BCUT2D eigenvalue weighted by Crippen LogP contribution is -2.69. The number of aliphatic hydroxyl groups excluding tert-OH is 17. The summed E-state index contributed by atoms with van der Waals surface area (Å²) in [4.78, 5) is -0.344. The number of aryl methyl sites for hydroxylation is 1. The van der Waals surface area contributed by atoms with Crippen LogP contribution < -0.4 is 0 Å². The van der Waals surface area contributed by atoms with Crippen LogP contribution in [-0.2, 0) is 71.1 Å². The zero-order chi connectivity index (χ0) is 55.2. The van der Waals surface area contributed by atoms with Crippen molar-refractivity contribution >= 4 is 10.1 Å². The molecule has 0 aromatic heterocycles. The SMILES string of the molecule is Cc1ccc(S(=O)(=O)OC[C@H]2O[C@@H]3O[C@H]4[C@H](O)[C@@H](O)[C@@H](O[C@H]5[C@H](O)[C@@H](O)[C@@H](O[C@H]6[C@H](O)[C@@H](O)[C@@H](O[C@H]7[C@H](O)[C@@H](O)[C@@H](O[C@H]8[C@H](O)[C@@H](O)[C@@H](O[C@H]2[C@H](O)[C@H]3O)O[C@@H]8CO)O[C@@H]7CO)O[C@@H]6CO)O[C@@H]5CO)O[C@@H]4CO)cc1. The van der Waals surface area contributed by atoms with Crippen LogP contribution in [0.15, 0.2) is 29.2 Å². The van der Waals surface area contributed by atoms with Crippen molar-refractivity contribution in [2.24, 2.45) is 0 Å². The molecule has 33 heteroatoms. The first kappa shape index (κ1) is 60.1. The van der Waals surface area contributed by atoms with Gasteiger partial charge in [0.1, 0.15) is 146 Å². The minimum atomic E-state index is -4.66. The van der Waals surface area contributed by atoms with Crippen molar-refractivity contribution in [2.45, 2.75) is 196 Å². The van der Waals surface area contributed by atoms with Gasteiger partial charge in [0.05, 0.1) is 44.5 Å². The van der Waals surface area contributed by atoms with E-state index in [1.165, 1.54) is 24.3 Å². The van der Waals surface area contributed by atoms with Gasteiger partial charge in [-0.2, -0.15) is 8.42 Å². The highest BCUT2D eigenvalue weighted by Gasteiger charge is 2.59. The molecule has 76 heavy (non-hydrogen) atoms. The number of aliphatic hydroxyl groups is 17. The summed E-state index contributed by atoms with van der Waals surface area (Å²) < 4.78 is 101. The summed E-state index contributed by atoms with van der Waals surface area (Å²) in [5, 5.41) is 188. The molecule has 32 nitrogen and oxygen atoms in total. The predicted molar refractivity (Wildman–Crippen MR) is 233 cm³/mol. The van der Waals surface area contributed by atoms with Crippen molar-refractivity contribution in [3.05, 3.63) is 29.8 Å².